The van der Waals surface area contributed by atoms with Gasteiger partial charge in [-0.15, -0.1) is 11.3 Å². The smallest absolute Gasteiger partial charge is 0.0546 e. The molecule has 11 rings (SSSR count). The summed E-state index contributed by atoms with van der Waals surface area (Å²) in [5, 5.41) is 10.1. The lowest BCUT2D eigenvalue weighted by Gasteiger charge is -2.29. The average Bonchev–Trinajstić information content (AvgIpc) is 3.65. The summed E-state index contributed by atoms with van der Waals surface area (Å²) in [5.41, 5.74) is 10.5. The third-order valence-electron chi connectivity index (χ3n) is 11.2. The Kier molecular flexibility index (Phi) is 7.75. The van der Waals surface area contributed by atoms with Gasteiger partial charge in [0.2, 0.25) is 0 Å². The van der Waals surface area contributed by atoms with Crippen LogP contribution in [0.5, 0.6) is 0 Å². The van der Waals surface area contributed by atoms with Gasteiger partial charge in [-0.25, -0.2) is 0 Å². The maximum atomic E-state index is 2.46. The average molecular weight is 730 g/mol. The standard InChI is InChI=1S/C54H35NS/c1-2-13-37(14-3-1)46-30-26-41(40-23-22-36-12-4-5-15-39(36)32-40)34-52(46)55(44-29-31-54-51(35-44)49-20-10-11-21-53(49)56-54)43-27-24-38(25-28-43)50-33-42-16-6-7-17-45(42)47-18-8-9-19-48(47)50/h1-35H. The number of hydrogen-bond donors (Lipinski definition) is 0. The van der Waals surface area contributed by atoms with Crippen molar-refractivity contribution in [2.45, 2.75) is 0 Å². The molecule has 1 aromatic heterocycles. The predicted molar refractivity (Wildman–Crippen MR) is 243 cm³/mol. The maximum absolute atomic E-state index is 2.46. The van der Waals surface area contributed by atoms with E-state index in [1.54, 1.807) is 0 Å². The first-order chi connectivity index (χ1) is 27.7. The lowest BCUT2D eigenvalue weighted by Crippen LogP contribution is -2.11. The first kappa shape index (κ1) is 32.4. The highest BCUT2D eigenvalue weighted by Gasteiger charge is 2.20. The second kappa shape index (κ2) is 13.4. The van der Waals surface area contributed by atoms with Crippen molar-refractivity contribution < 1.29 is 0 Å². The zero-order valence-corrected chi connectivity index (χ0v) is 31.4. The van der Waals surface area contributed by atoms with Crippen LogP contribution in [0.25, 0.3) is 85.9 Å². The second-order valence-corrected chi connectivity index (χ2v) is 15.6. The molecule has 56 heavy (non-hydrogen) atoms. The van der Waals surface area contributed by atoms with E-state index in [1.165, 1.54) is 85.9 Å². The maximum Gasteiger partial charge on any atom is 0.0546 e. The normalized spacial score (nSPS) is 11.6. The van der Waals surface area contributed by atoms with Gasteiger partial charge in [0.1, 0.15) is 0 Å². The fraction of sp³-hybridized carbons (Fsp3) is 0. The molecular weight excluding hydrogens is 695 g/mol. The number of nitrogens with zero attached hydrogens (tertiary/aromatic N) is 1. The van der Waals surface area contributed by atoms with E-state index in [-0.39, 0.29) is 0 Å². The molecule has 0 N–H and O–H groups in total. The SMILES string of the molecule is c1ccc(-c2ccc(-c3ccc4ccccc4c3)cc2N(c2ccc(-c3cc4ccccc4c4ccccc34)cc2)c2ccc3sc4ccccc4c3c2)cc1. The van der Waals surface area contributed by atoms with E-state index in [4.69, 9.17) is 0 Å². The Hall–Kier alpha value is -7.00. The predicted octanol–water partition coefficient (Wildman–Crippen LogP) is 16.0. The molecule has 0 fully saturated rings. The number of fused-ring (bicyclic) bond motifs is 7. The van der Waals surface area contributed by atoms with Crippen LogP contribution in [-0.4, -0.2) is 0 Å². The van der Waals surface area contributed by atoms with E-state index >= 15 is 0 Å². The minimum absolute atomic E-state index is 1.10. The number of rotatable bonds is 6. The third-order valence-corrected chi connectivity index (χ3v) is 12.4. The number of thiophene rings is 1. The third kappa shape index (κ3) is 5.54. The zero-order chi connectivity index (χ0) is 37.0. The van der Waals surface area contributed by atoms with Gasteiger partial charge in [0.25, 0.3) is 0 Å². The van der Waals surface area contributed by atoms with Crippen LogP contribution in [0.3, 0.4) is 0 Å². The van der Waals surface area contributed by atoms with Crippen molar-refractivity contribution in [2.75, 3.05) is 4.90 Å². The van der Waals surface area contributed by atoms with E-state index in [9.17, 15) is 0 Å². The summed E-state index contributed by atoms with van der Waals surface area (Å²) in [7, 11) is 0. The monoisotopic (exact) mass is 729 g/mol. The van der Waals surface area contributed by atoms with Crippen LogP contribution in [0.15, 0.2) is 212 Å². The molecule has 0 saturated heterocycles. The Balaban J connectivity index is 1.14. The number of anilines is 3. The van der Waals surface area contributed by atoms with Crippen molar-refractivity contribution in [3.05, 3.63) is 212 Å². The molecule has 11 aromatic rings. The molecule has 0 aliphatic carbocycles. The van der Waals surface area contributed by atoms with Crippen LogP contribution in [0.4, 0.5) is 17.1 Å². The largest absolute Gasteiger partial charge is 0.310 e. The molecule has 0 aliphatic heterocycles. The van der Waals surface area contributed by atoms with E-state index in [0.717, 1.165) is 17.1 Å². The van der Waals surface area contributed by atoms with Crippen molar-refractivity contribution in [2.24, 2.45) is 0 Å². The molecule has 0 radical (unpaired) electrons. The Bertz CT molecular complexity index is 3250. The molecule has 1 nitrogen and oxygen atoms in total. The Labute approximate surface area is 330 Å². The minimum Gasteiger partial charge on any atom is -0.310 e. The van der Waals surface area contributed by atoms with Crippen molar-refractivity contribution in [3.8, 4) is 33.4 Å². The first-order valence-corrected chi connectivity index (χ1v) is 20.0. The van der Waals surface area contributed by atoms with Crippen molar-refractivity contribution in [1.29, 1.82) is 0 Å². The van der Waals surface area contributed by atoms with Crippen LogP contribution in [0.1, 0.15) is 0 Å². The van der Waals surface area contributed by atoms with Crippen LogP contribution in [0.2, 0.25) is 0 Å². The summed E-state index contributed by atoms with van der Waals surface area (Å²) < 4.78 is 2.60. The van der Waals surface area contributed by atoms with Gasteiger partial charge in [-0.2, -0.15) is 0 Å². The van der Waals surface area contributed by atoms with E-state index in [1.807, 2.05) is 11.3 Å². The lowest BCUT2D eigenvalue weighted by atomic mass is 9.93. The molecule has 0 spiro atoms. The van der Waals surface area contributed by atoms with Gasteiger partial charge < -0.3 is 4.90 Å². The Morgan fingerprint density at radius 3 is 1.71 bits per heavy atom. The fourth-order valence-corrected chi connectivity index (χ4v) is 9.58. The molecular formula is C54H35NS. The highest BCUT2D eigenvalue weighted by molar-refractivity contribution is 7.25. The van der Waals surface area contributed by atoms with Gasteiger partial charge in [0.15, 0.2) is 0 Å². The molecule has 0 aliphatic rings. The quantitative estimate of drug-likeness (QED) is 0.154. The fourth-order valence-electron chi connectivity index (χ4n) is 8.49. The first-order valence-electron chi connectivity index (χ1n) is 19.2. The Morgan fingerprint density at radius 2 is 0.875 bits per heavy atom. The molecule has 10 aromatic carbocycles. The summed E-state index contributed by atoms with van der Waals surface area (Å²) in [6, 6.07) is 77.9. The molecule has 0 amide bonds. The summed E-state index contributed by atoms with van der Waals surface area (Å²) >= 11 is 1.86. The van der Waals surface area contributed by atoms with E-state index in [2.05, 4.69) is 217 Å². The van der Waals surface area contributed by atoms with Crippen LogP contribution in [-0.2, 0) is 0 Å². The summed E-state index contributed by atoms with van der Waals surface area (Å²) in [6.45, 7) is 0. The van der Waals surface area contributed by atoms with Gasteiger partial charge >= 0.3 is 0 Å². The van der Waals surface area contributed by atoms with E-state index < -0.39 is 0 Å². The molecule has 262 valence electrons. The lowest BCUT2D eigenvalue weighted by molar-refractivity contribution is 1.29. The van der Waals surface area contributed by atoms with Crippen molar-refractivity contribution in [1.82, 2.24) is 0 Å². The second-order valence-electron chi connectivity index (χ2n) is 14.5. The summed E-state index contributed by atoms with van der Waals surface area (Å²) in [4.78, 5) is 2.46. The van der Waals surface area contributed by atoms with Gasteiger partial charge in [-0.05, 0) is 115 Å². The molecule has 2 heteroatoms. The minimum atomic E-state index is 1.10. The van der Waals surface area contributed by atoms with Gasteiger partial charge in [-0.1, -0.05) is 158 Å². The molecule has 0 bridgehead atoms. The van der Waals surface area contributed by atoms with Gasteiger partial charge in [0.05, 0.1) is 5.69 Å². The van der Waals surface area contributed by atoms with Crippen LogP contribution < -0.4 is 4.90 Å². The summed E-state index contributed by atoms with van der Waals surface area (Å²) in [5.74, 6) is 0. The van der Waals surface area contributed by atoms with Crippen LogP contribution in [0, 0.1) is 0 Å². The zero-order valence-electron chi connectivity index (χ0n) is 30.6. The molecule has 0 atom stereocenters. The molecule has 1 heterocycles. The molecule has 0 unspecified atom stereocenters. The highest BCUT2D eigenvalue weighted by Crippen LogP contribution is 2.46. The van der Waals surface area contributed by atoms with Crippen LogP contribution >= 0.6 is 11.3 Å². The van der Waals surface area contributed by atoms with Gasteiger partial charge in [-0.3, -0.25) is 0 Å². The van der Waals surface area contributed by atoms with E-state index in [0.29, 0.717) is 0 Å². The molecule has 0 saturated carbocycles. The van der Waals surface area contributed by atoms with Gasteiger partial charge in [0, 0.05) is 37.1 Å². The Morgan fingerprint density at radius 1 is 0.286 bits per heavy atom. The number of hydrogen-bond acceptors (Lipinski definition) is 2. The summed E-state index contributed by atoms with van der Waals surface area (Å²) in [6.07, 6.45) is 0. The van der Waals surface area contributed by atoms with Crippen molar-refractivity contribution in [3.63, 3.8) is 0 Å². The topological polar surface area (TPSA) is 3.24 Å². The highest BCUT2D eigenvalue weighted by atomic mass is 32.1. The number of benzene rings is 10. The van der Waals surface area contributed by atoms with Crippen molar-refractivity contribution >= 4 is 80.9 Å².